The summed E-state index contributed by atoms with van der Waals surface area (Å²) in [5.74, 6) is 0.408. The molecule has 1 aromatic rings. The van der Waals surface area contributed by atoms with E-state index in [2.05, 4.69) is 9.97 Å². The lowest BCUT2D eigenvalue weighted by molar-refractivity contribution is 0.109. The molecule has 0 spiro atoms. The van der Waals surface area contributed by atoms with Gasteiger partial charge in [-0.3, -0.25) is 4.79 Å². The molecule has 0 unspecified atom stereocenters. The van der Waals surface area contributed by atoms with Crippen molar-refractivity contribution < 1.29 is 4.79 Å². The second-order valence-electron chi connectivity index (χ2n) is 1.21. The van der Waals surface area contributed by atoms with Crippen LogP contribution < -0.4 is 0 Å². The van der Waals surface area contributed by atoms with E-state index in [1.165, 1.54) is 0 Å². The number of aromatic nitrogens is 2. The zero-order valence-electron chi connectivity index (χ0n) is 3.89. The molecule has 0 aliphatic heterocycles. The fraction of sp³-hybridized carbons (Fsp3) is 0. The minimum Gasteiger partial charge on any atom is -0.341 e. The van der Waals surface area contributed by atoms with E-state index in [-0.39, 0.29) is 3.79 Å². The number of halogens is 1. The van der Waals surface area contributed by atoms with Crippen LogP contribution in [0.4, 0.5) is 0 Å². The maximum Gasteiger partial charge on any atom is 0.257 e. The minimum absolute atomic E-state index is 0.0624. The first-order valence-electron chi connectivity index (χ1n) is 2.00. The summed E-state index contributed by atoms with van der Waals surface area (Å²) in [6, 6.07) is 0. The molecular weight excluding hydrogens is 219 g/mol. The first-order chi connectivity index (χ1) is 3.80. The van der Waals surface area contributed by atoms with Gasteiger partial charge in [-0.05, 0) is 0 Å². The molecule has 0 saturated heterocycles. The molecule has 0 aromatic carbocycles. The lowest BCUT2D eigenvalue weighted by atomic mass is 10.7. The second kappa shape index (κ2) is 2.25. The normalized spacial score (nSPS) is 9.12. The molecule has 0 amide bonds. The van der Waals surface area contributed by atoms with Crippen LogP contribution in [0.3, 0.4) is 0 Å². The lowest BCUT2D eigenvalue weighted by Crippen LogP contribution is -1.88. The van der Waals surface area contributed by atoms with Crippen LogP contribution in [0.25, 0.3) is 0 Å². The highest BCUT2D eigenvalue weighted by atomic mass is 127. The Morgan fingerprint density at radius 2 is 2.62 bits per heavy atom. The molecule has 1 heterocycles. The summed E-state index contributed by atoms with van der Waals surface area (Å²) in [4.78, 5) is 16.8. The zero-order valence-corrected chi connectivity index (χ0v) is 6.05. The van der Waals surface area contributed by atoms with Crippen molar-refractivity contribution in [2.45, 2.75) is 0 Å². The molecule has 0 radical (unpaired) electrons. The average molecular weight is 222 g/mol. The van der Waals surface area contributed by atoms with Crippen molar-refractivity contribution >= 4 is 26.4 Å². The Kier molecular flexibility index (Phi) is 1.62. The van der Waals surface area contributed by atoms with Crippen molar-refractivity contribution in [3.8, 4) is 0 Å². The summed E-state index contributed by atoms with van der Waals surface area (Å²) in [5.41, 5.74) is 0. The Morgan fingerprint density at radius 1 is 1.88 bits per heavy atom. The van der Waals surface area contributed by atoms with Crippen molar-refractivity contribution in [2.24, 2.45) is 0 Å². The molecule has 0 saturated carbocycles. The van der Waals surface area contributed by atoms with Gasteiger partial charge in [0.15, 0.2) is 5.82 Å². The molecule has 1 rings (SSSR count). The van der Waals surface area contributed by atoms with Crippen LogP contribution in [0, 0.1) is 0 Å². The highest BCUT2D eigenvalue weighted by Crippen LogP contribution is 1.96. The Morgan fingerprint density at radius 3 is 2.88 bits per heavy atom. The van der Waals surface area contributed by atoms with E-state index in [9.17, 15) is 4.79 Å². The third-order valence-electron chi connectivity index (χ3n) is 0.684. The molecule has 0 aliphatic rings. The average Bonchev–Trinajstić information content (AvgIpc) is 2.12. The monoisotopic (exact) mass is 222 g/mol. The largest absolute Gasteiger partial charge is 0.341 e. The van der Waals surface area contributed by atoms with Gasteiger partial charge in [0.1, 0.15) is 0 Å². The fourth-order valence-corrected chi connectivity index (χ4v) is 0.668. The van der Waals surface area contributed by atoms with Gasteiger partial charge in [-0.1, -0.05) is 0 Å². The van der Waals surface area contributed by atoms with E-state index in [0.29, 0.717) is 5.82 Å². The highest BCUT2D eigenvalue weighted by molar-refractivity contribution is 14.1. The number of hydrogen-bond donors (Lipinski definition) is 1. The van der Waals surface area contributed by atoms with Gasteiger partial charge >= 0.3 is 0 Å². The summed E-state index contributed by atoms with van der Waals surface area (Å²) in [6.45, 7) is 0. The third-order valence-corrected chi connectivity index (χ3v) is 1.20. The number of nitrogens with one attached hydrogen (secondary N) is 1. The van der Waals surface area contributed by atoms with Gasteiger partial charge in [0.2, 0.25) is 0 Å². The van der Waals surface area contributed by atoms with Gasteiger partial charge in [0.05, 0.1) is 0 Å². The van der Waals surface area contributed by atoms with Crippen LogP contribution in [0.1, 0.15) is 10.6 Å². The Bertz CT molecular complexity index is 182. The summed E-state index contributed by atoms with van der Waals surface area (Å²) in [7, 11) is 0. The van der Waals surface area contributed by atoms with E-state index in [0.717, 1.165) is 0 Å². The SMILES string of the molecule is O=C(I)c1ncc[nH]1. The minimum atomic E-state index is -0.0624. The van der Waals surface area contributed by atoms with E-state index in [1.807, 2.05) is 0 Å². The van der Waals surface area contributed by atoms with Crippen LogP contribution in [-0.2, 0) is 0 Å². The van der Waals surface area contributed by atoms with Gasteiger partial charge in [-0.15, -0.1) is 0 Å². The Hall–Kier alpha value is -0.390. The van der Waals surface area contributed by atoms with Gasteiger partial charge < -0.3 is 4.98 Å². The van der Waals surface area contributed by atoms with Crippen molar-refractivity contribution in [1.82, 2.24) is 9.97 Å². The van der Waals surface area contributed by atoms with Gasteiger partial charge in [-0.25, -0.2) is 4.98 Å². The van der Waals surface area contributed by atoms with Crippen LogP contribution in [0.15, 0.2) is 12.4 Å². The van der Waals surface area contributed by atoms with Gasteiger partial charge in [0.25, 0.3) is 3.79 Å². The van der Waals surface area contributed by atoms with Crippen LogP contribution in [0.2, 0.25) is 0 Å². The molecule has 1 N–H and O–H groups in total. The first kappa shape index (κ1) is 5.74. The summed E-state index contributed by atoms with van der Waals surface area (Å²) < 4.78 is -0.0624. The zero-order chi connectivity index (χ0) is 5.98. The molecule has 1 aromatic heterocycles. The fourth-order valence-electron chi connectivity index (χ4n) is 0.373. The summed E-state index contributed by atoms with van der Waals surface area (Å²) >= 11 is 1.67. The number of imidazole rings is 1. The number of carbonyl (C=O) groups is 1. The summed E-state index contributed by atoms with van der Waals surface area (Å²) in [6.07, 6.45) is 3.16. The molecular formula is C4H3IN2O. The molecule has 0 aliphatic carbocycles. The molecule has 4 heteroatoms. The molecule has 0 bridgehead atoms. The van der Waals surface area contributed by atoms with Gasteiger partial charge in [-0.2, -0.15) is 0 Å². The first-order valence-corrected chi connectivity index (χ1v) is 3.08. The van der Waals surface area contributed by atoms with Crippen molar-refractivity contribution in [1.29, 1.82) is 0 Å². The van der Waals surface area contributed by atoms with E-state index >= 15 is 0 Å². The number of carbonyl (C=O) groups excluding carboxylic acids is 1. The number of nitrogens with zero attached hydrogens (tertiary/aromatic N) is 1. The molecule has 3 nitrogen and oxygen atoms in total. The predicted octanol–water partition coefficient (Wildman–Crippen LogP) is 0.985. The Labute approximate surface area is 59.6 Å². The predicted molar refractivity (Wildman–Crippen MR) is 36.9 cm³/mol. The number of hydrogen-bond acceptors (Lipinski definition) is 2. The van der Waals surface area contributed by atoms with Crippen LogP contribution in [0.5, 0.6) is 0 Å². The highest BCUT2D eigenvalue weighted by Gasteiger charge is 1.99. The maximum absolute atomic E-state index is 10.4. The molecule has 0 fully saturated rings. The van der Waals surface area contributed by atoms with Crippen LogP contribution >= 0.6 is 22.6 Å². The Balaban J connectivity index is 2.93. The van der Waals surface area contributed by atoms with Crippen molar-refractivity contribution in [3.63, 3.8) is 0 Å². The number of aromatic amines is 1. The molecule has 42 valence electrons. The molecule has 8 heavy (non-hydrogen) atoms. The lowest BCUT2D eigenvalue weighted by Gasteiger charge is -1.78. The van der Waals surface area contributed by atoms with Crippen molar-refractivity contribution in [2.75, 3.05) is 0 Å². The second-order valence-corrected chi connectivity index (χ2v) is 2.19. The quantitative estimate of drug-likeness (QED) is 0.568. The van der Waals surface area contributed by atoms with Crippen LogP contribution in [-0.4, -0.2) is 13.8 Å². The topological polar surface area (TPSA) is 45.8 Å². The smallest absolute Gasteiger partial charge is 0.257 e. The standard InChI is InChI=1S/C4H3IN2O/c5-3(8)4-6-1-2-7-4/h1-2H,(H,6,7). The van der Waals surface area contributed by atoms with E-state index in [1.54, 1.807) is 35.0 Å². The summed E-state index contributed by atoms with van der Waals surface area (Å²) in [5, 5.41) is 0. The molecule has 0 atom stereocenters. The van der Waals surface area contributed by atoms with E-state index < -0.39 is 0 Å². The van der Waals surface area contributed by atoms with Gasteiger partial charge in [0, 0.05) is 35.0 Å². The van der Waals surface area contributed by atoms with E-state index in [4.69, 9.17) is 0 Å². The third kappa shape index (κ3) is 1.06. The number of rotatable bonds is 1. The number of H-pyrrole nitrogens is 1. The van der Waals surface area contributed by atoms with Crippen molar-refractivity contribution in [3.05, 3.63) is 18.2 Å². The maximum atomic E-state index is 10.4.